The van der Waals surface area contributed by atoms with Crippen molar-refractivity contribution in [2.45, 2.75) is 26.3 Å². The predicted molar refractivity (Wildman–Crippen MR) is 84.7 cm³/mol. The molecule has 0 aromatic heterocycles. The second-order valence-corrected chi connectivity index (χ2v) is 6.11. The Balaban J connectivity index is 4.06. The van der Waals surface area contributed by atoms with Crippen LogP contribution >= 0.6 is 11.8 Å². The molecule has 2 N–H and O–H groups in total. The first-order valence-corrected chi connectivity index (χ1v) is 8.00. The third-order valence-corrected chi connectivity index (χ3v) is 3.41. The fraction of sp³-hybridized carbons (Fsp3) is 0.923. The summed E-state index contributed by atoms with van der Waals surface area (Å²) in [5.41, 5.74) is 0. The Bertz CT molecular complexity index is 229. The molecular weight excluding hydrogens is 244 g/mol. The summed E-state index contributed by atoms with van der Waals surface area (Å²) in [4.78, 5) is 6.52. The fourth-order valence-electron chi connectivity index (χ4n) is 1.73. The molecule has 0 saturated carbocycles. The topological polar surface area (TPSA) is 39.7 Å². The highest BCUT2D eigenvalue weighted by Gasteiger charge is 2.13. The van der Waals surface area contributed by atoms with Gasteiger partial charge in [-0.3, -0.25) is 4.99 Å². The highest BCUT2D eigenvalue weighted by molar-refractivity contribution is 7.98. The largest absolute Gasteiger partial charge is 0.356 e. The average molecular weight is 274 g/mol. The van der Waals surface area contributed by atoms with Gasteiger partial charge in [0.1, 0.15) is 0 Å². The van der Waals surface area contributed by atoms with Gasteiger partial charge in [0.15, 0.2) is 5.96 Å². The van der Waals surface area contributed by atoms with Crippen molar-refractivity contribution in [1.82, 2.24) is 15.5 Å². The summed E-state index contributed by atoms with van der Waals surface area (Å²) in [6.07, 6.45) is 3.31. The van der Waals surface area contributed by atoms with Crippen LogP contribution in [0.5, 0.6) is 0 Å². The standard InChI is InChI=1S/C13H30N4S/c1-11(2)9-12(17(4)5)10-16-13(14-3)15-7-8-18-6/h11-12H,7-10H2,1-6H3,(H2,14,15,16). The predicted octanol–water partition coefficient (Wildman–Crippen LogP) is 1.49. The highest BCUT2D eigenvalue weighted by atomic mass is 32.2. The van der Waals surface area contributed by atoms with Crippen LogP contribution < -0.4 is 10.6 Å². The number of likely N-dealkylation sites (N-methyl/N-ethyl adjacent to an activating group) is 1. The Morgan fingerprint density at radius 2 is 1.94 bits per heavy atom. The number of nitrogens with one attached hydrogen (secondary N) is 2. The lowest BCUT2D eigenvalue weighted by molar-refractivity contribution is 0.254. The summed E-state index contributed by atoms with van der Waals surface area (Å²) in [7, 11) is 6.10. The van der Waals surface area contributed by atoms with Gasteiger partial charge >= 0.3 is 0 Å². The van der Waals surface area contributed by atoms with Crippen LogP contribution in [0.15, 0.2) is 4.99 Å². The normalized spacial score (nSPS) is 14.1. The Kier molecular flexibility index (Phi) is 10.3. The van der Waals surface area contributed by atoms with E-state index in [4.69, 9.17) is 0 Å². The van der Waals surface area contributed by atoms with Crippen molar-refractivity contribution in [2.75, 3.05) is 46.2 Å². The number of thioether (sulfide) groups is 1. The molecular formula is C13H30N4S. The van der Waals surface area contributed by atoms with Gasteiger partial charge in [0.2, 0.25) is 0 Å². The van der Waals surface area contributed by atoms with Gasteiger partial charge in [0.25, 0.3) is 0 Å². The van der Waals surface area contributed by atoms with Crippen molar-refractivity contribution in [2.24, 2.45) is 10.9 Å². The molecule has 0 fully saturated rings. The lowest BCUT2D eigenvalue weighted by Crippen LogP contribution is -2.46. The van der Waals surface area contributed by atoms with Crippen LogP contribution in [-0.4, -0.2) is 63.1 Å². The average Bonchev–Trinajstić information content (AvgIpc) is 2.31. The van der Waals surface area contributed by atoms with Crippen LogP contribution in [0.2, 0.25) is 0 Å². The number of hydrogen-bond acceptors (Lipinski definition) is 3. The van der Waals surface area contributed by atoms with Gasteiger partial charge in [-0.1, -0.05) is 13.8 Å². The maximum absolute atomic E-state index is 4.24. The Labute approximate surface area is 117 Å². The number of aliphatic imine (C=N–C) groups is 1. The first-order valence-electron chi connectivity index (χ1n) is 6.61. The van der Waals surface area contributed by atoms with Gasteiger partial charge in [-0.2, -0.15) is 11.8 Å². The molecule has 108 valence electrons. The Hall–Kier alpha value is -0.420. The van der Waals surface area contributed by atoms with E-state index < -0.39 is 0 Å². The molecule has 0 aromatic rings. The molecule has 0 heterocycles. The molecule has 0 aliphatic heterocycles. The first kappa shape index (κ1) is 17.6. The summed E-state index contributed by atoms with van der Waals surface area (Å²) in [6, 6.07) is 0.545. The quantitative estimate of drug-likeness (QED) is 0.400. The summed E-state index contributed by atoms with van der Waals surface area (Å²) in [5, 5.41) is 6.72. The zero-order valence-electron chi connectivity index (χ0n) is 12.8. The first-order chi connectivity index (χ1) is 8.51. The minimum absolute atomic E-state index is 0.545. The van der Waals surface area contributed by atoms with E-state index in [0.29, 0.717) is 12.0 Å². The SMILES string of the molecule is CN=C(NCCSC)NCC(CC(C)C)N(C)C. The molecule has 1 atom stereocenters. The van der Waals surface area contributed by atoms with E-state index in [2.05, 4.69) is 54.7 Å². The van der Waals surface area contributed by atoms with Crippen molar-refractivity contribution in [1.29, 1.82) is 0 Å². The number of rotatable bonds is 8. The third-order valence-electron chi connectivity index (χ3n) is 2.80. The van der Waals surface area contributed by atoms with Crippen molar-refractivity contribution in [3.05, 3.63) is 0 Å². The van der Waals surface area contributed by atoms with Crippen LogP contribution in [0, 0.1) is 5.92 Å². The molecule has 0 aliphatic carbocycles. The van der Waals surface area contributed by atoms with Crippen LogP contribution in [0.25, 0.3) is 0 Å². The van der Waals surface area contributed by atoms with E-state index in [-0.39, 0.29) is 0 Å². The summed E-state index contributed by atoms with van der Waals surface area (Å²) in [6.45, 7) is 6.42. The van der Waals surface area contributed by atoms with Crippen molar-refractivity contribution in [3.63, 3.8) is 0 Å². The molecule has 0 amide bonds. The van der Waals surface area contributed by atoms with Crippen LogP contribution in [0.3, 0.4) is 0 Å². The van der Waals surface area contributed by atoms with E-state index in [1.54, 1.807) is 0 Å². The maximum atomic E-state index is 4.24. The van der Waals surface area contributed by atoms with Crippen molar-refractivity contribution >= 4 is 17.7 Å². The minimum atomic E-state index is 0.545. The third kappa shape index (κ3) is 8.64. The molecule has 0 saturated heterocycles. The zero-order valence-corrected chi connectivity index (χ0v) is 13.6. The Morgan fingerprint density at radius 1 is 1.28 bits per heavy atom. The maximum Gasteiger partial charge on any atom is 0.191 e. The fourth-order valence-corrected chi connectivity index (χ4v) is 2.03. The molecule has 1 unspecified atom stereocenters. The molecule has 5 heteroatoms. The van der Waals surface area contributed by atoms with E-state index >= 15 is 0 Å². The Morgan fingerprint density at radius 3 is 2.39 bits per heavy atom. The zero-order chi connectivity index (χ0) is 14.0. The molecule has 18 heavy (non-hydrogen) atoms. The van der Waals surface area contributed by atoms with Crippen molar-refractivity contribution in [3.8, 4) is 0 Å². The van der Waals surface area contributed by atoms with Gasteiger partial charge in [0.05, 0.1) is 0 Å². The second-order valence-electron chi connectivity index (χ2n) is 5.12. The molecule has 0 radical (unpaired) electrons. The number of nitrogens with zero attached hydrogens (tertiary/aromatic N) is 2. The van der Waals surface area contributed by atoms with Crippen LogP contribution in [0.4, 0.5) is 0 Å². The van der Waals surface area contributed by atoms with E-state index in [1.165, 1.54) is 6.42 Å². The number of hydrogen-bond donors (Lipinski definition) is 2. The van der Waals surface area contributed by atoms with Gasteiger partial charge in [0, 0.05) is 31.9 Å². The minimum Gasteiger partial charge on any atom is -0.356 e. The van der Waals surface area contributed by atoms with E-state index in [9.17, 15) is 0 Å². The van der Waals surface area contributed by atoms with Crippen LogP contribution in [-0.2, 0) is 0 Å². The summed E-state index contributed by atoms with van der Waals surface area (Å²) in [5.74, 6) is 2.72. The van der Waals surface area contributed by atoms with Gasteiger partial charge in [-0.15, -0.1) is 0 Å². The van der Waals surface area contributed by atoms with E-state index in [0.717, 1.165) is 24.8 Å². The number of guanidine groups is 1. The summed E-state index contributed by atoms with van der Waals surface area (Å²) < 4.78 is 0. The molecule has 0 aromatic carbocycles. The molecule has 0 bridgehead atoms. The van der Waals surface area contributed by atoms with E-state index in [1.807, 2.05) is 18.8 Å². The monoisotopic (exact) mass is 274 g/mol. The molecule has 0 rings (SSSR count). The van der Waals surface area contributed by atoms with Crippen LogP contribution in [0.1, 0.15) is 20.3 Å². The highest BCUT2D eigenvalue weighted by Crippen LogP contribution is 2.07. The van der Waals surface area contributed by atoms with Gasteiger partial charge in [-0.05, 0) is 32.7 Å². The smallest absolute Gasteiger partial charge is 0.191 e. The lowest BCUT2D eigenvalue weighted by atomic mass is 10.0. The molecule has 4 nitrogen and oxygen atoms in total. The van der Waals surface area contributed by atoms with Gasteiger partial charge in [-0.25, -0.2) is 0 Å². The summed E-state index contributed by atoms with van der Waals surface area (Å²) >= 11 is 1.84. The second kappa shape index (κ2) is 10.5. The van der Waals surface area contributed by atoms with Gasteiger partial charge < -0.3 is 15.5 Å². The van der Waals surface area contributed by atoms with Crippen molar-refractivity contribution < 1.29 is 0 Å². The molecule has 0 aliphatic rings. The molecule has 0 spiro atoms. The lowest BCUT2D eigenvalue weighted by Gasteiger charge is -2.27.